The van der Waals surface area contributed by atoms with Crippen molar-refractivity contribution in [2.75, 3.05) is 33.4 Å². The van der Waals surface area contributed by atoms with Gasteiger partial charge in [-0.15, -0.1) is 0 Å². The molecule has 0 saturated heterocycles. The van der Waals surface area contributed by atoms with E-state index in [-0.39, 0.29) is 25.0 Å². The van der Waals surface area contributed by atoms with E-state index in [1.807, 2.05) is 53.6 Å². The number of H-pyrrole nitrogens is 1. The second kappa shape index (κ2) is 12.1. The Bertz CT molecular complexity index is 1000. The second-order valence-corrected chi connectivity index (χ2v) is 8.01. The van der Waals surface area contributed by atoms with Crippen LogP contribution in [-0.2, 0) is 27.3 Å². The van der Waals surface area contributed by atoms with E-state index in [2.05, 4.69) is 24.0 Å². The molecule has 6 nitrogen and oxygen atoms in total. The summed E-state index contributed by atoms with van der Waals surface area (Å²) in [5.41, 5.74) is 3.35. The van der Waals surface area contributed by atoms with Gasteiger partial charge >= 0.3 is 0 Å². The van der Waals surface area contributed by atoms with Crippen LogP contribution >= 0.6 is 0 Å². The molecule has 0 spiro atoms. The molecule has 0 radical (unpaired) electrons. The summed E-state index contributed by atoms with van der Waals surface area (Å²) in [6, 6.07) is 18.2. The molecule has 3 rings (SSSR count). The second-order valence-electron chi connectivity index (χ2n) is 8.01. The average molecular weight is 436 g/mol. The van der Waals surface area contributed by atoms with Crippen molar-refractivity contribution in [1.82, 2.24) is 14.8 Å². The first kappa shape index (κ1) is 23.5. The third kappa shape index (κ3) is 6.44. The molecular weight excluding hydrogens is 402 g/mol. The number of methoxy groups -OCH3 is 1. The first-order valence-corrected chi connectivity index (χ1v) is 11.3. The van der Waals surface area contributed by atoms with Crippen LogP contribution in [0.25, 0.3) is 10.9 Å². The molecule has 0 bridgehead atoms. The number of fused-ring (bicyclic) bond motifs is 1. The minimum absolute atomic E-state index is 0.00891. The number of aromatic nitrogens is 1. The van der Waals surface area contributed by atoms with Gasteiger partial charge in [0, 0.05) is 43.8 Å². The largest absolute Gasteiger partial charge is 0.375 e. The Hall–Kier alpha value is -3.12. The summed E-state index contributed by atoms with van der Waals surface area (Å²) in [5.74, 6) is -0.195. The van der Waals surface area contributed by atoms with Crippen molar-refractivity contribution in [3.63, 3.8) is 0 Å². The molecule has 1 heterocycles. The molecule has 2 aromatic carbocycles. The summed E-state index contributed by atoms with van der Waals surface area (Å²) >= 11 is 0. The normalized spacial score (nSPS) is 10.9. The molecule has 3 aromatic rings. The summed E-state index contributed by atoms with van der Waals surface area (Å²) in [7, 11) is 1.50. The van der Waals surface area contributed by atoms with Crippen LogP contribution in [0.5, 0.6) is 0 Å². The van der Waals surface area contributed by atoms with Gasteiger partial charge in [0.15, 0.2) is 0 Å². The molecule has 1 aromatic heterocycles. The summed E-state index contributed by atoms with van der Waals surface area (Å²) in [4.78, 5) is 32.6. The topological polar surface area (TPSA) is 65.6 Å². The van der Waals surface area contributed by atoms with Crippen molar-refractivity contribution in [2.24, 2.45) is 0 Å². The van der Waals surface area contributed by atoms with Crippen LogP contribution < -0.4 is 0 Å². The lowest BCUT2D eigenvalue weighted by Crippen LogP contribution is -2.44. The van der Waals surface area contributed by atoms with Crippen LogP contribution in [0.2, 0.25) is 0 Å². The van der Waals surface area contributed by atoms with Crippen LogP contribution in [-0.4, -0.2) is 59.9 Å². The molecule has 1 N–H and O–H groups in total. The van der Waals surface area contributed by atoms with Crippen LogP contribution in [0, 0.1) is 0 Å². The fourth-order valence-electron chi connectivity index (χ4n) is 3.81. The Labute approximate surface area is 190 Å². The Morgan fingerprint density at radius 3 is 2.44 bits per heavy atom. The van der Waals surface area contributed by atoms with E-state index in [0.717, 1.165) is 30.3 Å². The molecule has 2 amide bonds. The third-order valence-electron chi connectivity index (χ3n) is 5.62. The maximum Gasteiger partial charge on any atom is 0.249 e. The molecule has 0 aliphatic rings. The zero-order valence-electron chi connectivity index (χ0n) is 19.0. The van der Waals surface area contributed by atoms with Gasteiger partial charge in [-0.1, -0.05) is 61.9 Å². The van der Waals surface area contributed by atoms with Gasteiger partial charge in [-0.3, -0.25) is 9.59 Å². The number of unbranched alkanes of at least 4 members (excludes halogenated alkanes) is 1. The zero-order chi connectivity index (χ0) is 22.8. The summed E-state index contributed by atoms with van der Waals surface area (Å²) in [6.07, 6.45) is 4.57. The molecule has 0 aliphatic heterocycles. The Morgan fingerprint density at radius 1 is 0.938 bits per heavy atom. The number of amides is 2. The number of aromatic amines is 1. The van der Waals surface area contributed by atoms with Gasteiger partial charge < -0.3 is 19.5 Å². The van der Waals surface area contributed by atoms with Gasteiger partial charge in [-0.25, -0.2) is 0 Å². The fraction of sp³-hybridized carbons (Fsp3) is 0.385. The fourth-order valence-corrected chi connectivity index (χ4v) is 3.81. The maximum absolute atomic E-state index is 13.3. The molecule has 0 unspecified atom stereocenters. The number of hydrogen-bond donors (Lipinski definition) is 1. The van der Waals surface area contributed by atoms with Gasteiger partial charge in [-0.05, 0) is 30.0 Å². The van der Waals surface area contributed by atoms with Crippen molar-refractivity contribution in [2.45, 2.75) is 32.7 Å². The molecule has 6 heteroatoms. The molecule has 32 heavy (non-hydrogen) atoms. The Balaban J connectivity index is 1.74. The predicted octanol–water partition coefficient (Wildman–Crippen LogP) is 4.01. The number of carbonyl (C=O) groups is 2. The molecule has 0 atom stereocenters. The van der Waals surface area contributed by atoms with E-state index in [1.165, 1.54) is 18.1 Å². The smallest absolute Gasteiger partial charge is 0.249 e. The first-order valence-electron chi connectivity index (χ1n) is 11.3. The van der Waals surface area contributed by atoms with E-state index in [1.54, 1.807) is 4.90 Å². The first-order chi connectivity index (χ1) is 15.6. The number of rotatable bonds is 12. The third-order valence-corrected chi connectivity index (χ3v) is 5.62. The molecule has 0 aliphatic carbocycles. The molecular formula is C26H33N3O3. The summed E-state index contributed by atoms with van der Waals surface area (Å²) in [6.45, 7) is 3.79. The monoisotopic (exact) mass is 435 g/mol. The number of nitrogens with zero attached hydrogens (tertiary/aromatic N) is 2. The highest BCUT2D eigenvalue weighted by atomic mass is 16.5. The highest BCUT2D eigenvalue weighted by Crippen LogP contribution is 2.19. The zero-order valence-corrected chi connectivity index (χ0v) is 19.0. The predicted molar refractivity (Wildman–Crippen MR) is 127 cm³/mol. The molecule has 170 valence electrons. The van der Waals surface area contributed by atoms with Crippen LogP contribution in [0.4, 0.5) is 0 Å². The van der Waals surface area contributed by atoms with Crippen molar-refractivity contribution in [1.29, 1.82) is 0 Å². The highest BCUT2D eigenvalue weighted by molar-refractivity contribution is 5.86. The minimum Gasteiger partial charge on any atom is -0.375 e. The van der Waals surface area contributed by atoms with Crippen LogP contribution in [0.3, 0.4) is 0 Å². The number of benzene rings is 2. The number of carbonyl (C=O) groups excluding carboxylic acids is 2. The lowest BCUT2D eigenvalue weighted by atomic mass is 10.1. The van der Waals surface area contributed by atoms with Gasteiger partial charge in [0.05, 0.1) is 6.54 Å². The number of para-hydroxylation sites is 1. The minimum atomic E-state index is -0.148. The van der Waals surface area contributed by atoms with E-state index >= 15 is 0 Å². The van der Waals surface area contributed by atoms with Crippen molar-refractivity contribution in [3.8, 4) is 0 Å². The Kier molecular flexibility index (Phi) is 8.87. The van der Waals surface area contributed by atoms with E-state index in [0.29, 0.717) is 19.6 Å². The van der Waals surface area contributed by atoms with Crippen molar-refractivity contribution in [3.05, 3.63) is 71.9 Å². The van der Waals surface area contributed by atoms with E-state index in [9.17, 15) is 9.59 Å². The highest BCUT2D eigenvalue weighted by Gasteiger charge is 2.21. The van der Waals surface area contributed by atoms with Gasteiger partial charge in [0.2, 0.25) is 11.8 Å². The standard InChI is InChI=1S/C26H33N3O3/c1-3-4-15-28(26(31)20-32-2)19-25(30)29(18-21-10-6-5-7-11-21)16-14-22-17-27-24-13-9-8-12-23(22)24/h5-13,17,27H,3-4,14-16,18-20H2,1-2H3. The molecule has 0 fully saturated rings. The quantitative estimate of drug-likeness (QED) is 0.467. The number of nitrogens with one attached hydrogen (secondary N) is 1. The van der Waals surface area contributed by atoms with Gasteiger partial charge in [0.25, 0.3) is 0 Å². The SMILES string of the molecule is CCCCN(CC(=O)N(CCc1c[nH]c2ccccc12)Cc1ccccc1)C(=O)COC. The number of ether oxygens (including phenoxy) is 1. The summed E-state index contributed by atoms with van der Waals surface area (Å²) < 4.78 is 5.02. The van der Waals surface area contributed by atoms with Gasteiger partial charge in [0.1, 0.15) is 6.61 Å². The number of hydrogen-bond acceptors (Lipinski definition) is 3. The maximum atomic E-state index is 13.3. The van der Waals surface area contributed by atoms with Gasteiger partial charge in [-0.2, -0.15) is 0 Å². The van der Waals surface area contributed by atoms with Crippen molar-refractivity contribution >= 4 is 22.7 Å². The van der Waals surface area contributed by atoms with Crippen molar-refractivity contribution < 1.29 is 14.3 Å². The van der Waals surface area contributed by atoms with E-state index in [4.69, 9.17) is 4.74 Å². The molecule has 0 saturated carbocycles. The Morgan fingerprint density at radius 2 is 1.69 bits per heavy atom. The van der Waals surface area contributed by atoms with Crippen LogP contribution in [0.1, 0.15) is 30.9 Å². The lowest BCUT2D eigenvalue weighted by molar-refractivity contribution is -0.143. The lowest BCUT2D eigenvalue weighted by Gasteiger charge is -2.28. The summed E-state index contributed by atoms with van der Waals surface area (Å²) in [5, 5.41) is 1.18. The van der Waals surface area contributed by atoms with E-state index < -0.39 is 0 Å². The van der Waals surface area contributed by atoms with Crippen LogP contribution in [0.15, 0.2) is 60.8 Å². The average Bonchev–Trinajstić information content (AvgIpc) is 3.23.